The summed E-state index contributed by atoms with van der Waals surface area (Å²) >= 11 is 0. The van der Waals surface area contributed by atoms with Crippen LogP contribution in [0.5, 0.6) is 0 Å². The maximum atomic E-state index is 11.8. The molecule has 0 radical (unpaired) electrons. The molecule has 1 aliphatic heterocycles. The van der Waals surface area contributed by atoms with Gasteiger partial charge < -0.3 is 9.47 Å². The van der Waals surface area contributed by atoms with Gasteiger partial charge in [-0.15, -0.1) is 0 Å². The lowest BCUT2D eigenvalue weighted by Gasteiger charge is -2.32. The zero-order valence-electron chi connectivity index (χ0n) is 9.02. The van der Waals surface area contributed by atoms with Crippen LogP contribution in [0, 0.1) is 0 Å². The number of hydrogen-bond acceptors (Lipinski definition) is 4. The molecule has 1 saturated heterocycles. The van der Waals surface area contributed by atoms with Gasteiger partial charge in [0, 0.05) is 13.0 Å². The summed E-state index contributed by atoms with van der Waals surface area (Å²) in [6, 6.07) is 8.83. The van der Waals surface area contributed by atoms with Crippen molar-refractivity contribution in [2.75, 3.05) is 13.2 Å². The van der Waals surface area contributed by atoms with Crippen molar-refractivity contribution in [2.45, 2.75) is 18.6 Å². The maximum absolute atomic E-state index is 11.8. The molecule has 1 aromatic carbocycles. The van der Waals surface area contributed by atoms with Crippen LogP contribution in [0.1, 0.15) is 23.2 Å². The lowest BCUT2D eigenvalue weighted by atomic mass is 10.1. The summed E-state index contributed by atoms with van der Waals surface area (Å²) in [5.74, 6) is -0.395. The maximum Gasteiger partial charge on any atom is 0.339 e. The second-order valence-corrected chi connectivity index (χ2v) is 3.98. The second kappa shape index (κ2) is 4.63. The van der Waals surface area contributed by atoms with Gasteiger partial charge in [0.2, 0.25) is 0 Å². The van der Waals surface area contributed by atoms with Crippen LogP contribution < -0.4 is 5.73 Å². The summed E-state index contributed by atoms with van der Waals surface area (Å²) in [6.07, 6.45) is 1.46. The van der Waals surface area contributed by atoms with E-state index >= 15 is 0 Å². The van der Waals surface area contributed by atoms with Crippen molar-refractivity contribution in [1.29, 1.82) is 0 Å². The molecule has 0 bridgehead atoms. The Morgan fingerprint density at radius 1 is 1.38 bits per heavy atom. The van der Waals surface area contributed by atoms with E-state index in [1.807, 2.05) is 6.07 Å². The van der Waals surface area contributed by atoms with E-state index in [1.54, 1.807) is 24.3 Å². The molecule has 0 amide bonds. The van der Waals surface area contributed by atoms with E-state index in [9.17, 15) is 4.79 Å². The van der Waals surface area contributed by atoms with Crippen LogP contribution in [0.4, 0.5) is 0 Å². The highest BCUT2D eigenvalue weighted by atomic mass is 16.6. The molecule has 2 rings (SSSR count). The van der Waals surface area contributed by atoms with Crippen molar-refractivity contribution in [3.8, 4) is 0 Å². The first-order valence-electron chi connectivity index (χ1n) is 5.35. The largest absolute Gasteiger partial charge is 0.438 e. The number of carbonyl (C=O) groups excluding carboxylic acids is 1. The molecule has 2 N–H and O–H groups in total. The monoisotopic (exact) mass is 221 g/mol. The van der Waals surface area contributed by atoms with E-state index in [-0.39, 0.29) is 6.61 Å². The molecule has 0 aromatic heterocycles. The fourth-order valence-electron chi connectivity index (χ4n) is 1.69. The molecule has 0 saturated carbocycles. The zero-order chi connectivity index (χ0) is 11.4. The lowest BCUT2D eigenvalue weighted by Crippen LogP contribution is -2.51. The second-order valence-electron chi connectivity index (χ2n) is 3.98. The van der Waals surface area contributed by atoms with E-state index in [1.165, 1.54) is 0 Å². The number of esters is 1. The number of benzene rings is 1. The third kappa shape index (κ3) is 2.59. The van der Waals surface area contributed by atoms with Crippen LogP contribution >= 0.6 is 0 Å². The minimum absolute atomic E-state index is 0.269. The molecule has 1 heterocycles. The van der Waals surface area contributed by atoms with Crippen molar-refractivity contribution in [3.63, 3.8) is 0 Å². The highest BCUT2D eigenvalue weighted by Crippen LogP contribution is 2.19. The highest BCUT2D eigenvalue weighted by Gasteiger charge is 2.32. The molecule has 1 fully saturated rings. The Balaban J connectivity index is 2.01. The zero-order valence-corrected chi connectivity index (χ0v) is 9.02. The predicted molar refractivity (Wildman–Crippen MR) is 58.8 cm³/mol. The van der Waals surface area contributed by atoms with Gasteiger partial charge in [-0.05, 0) is 18.6 Å². The molecule has 0 spiro atoms. The topological polar surface area (TPSA) is 61.5 Å². The number of nitrogens with two attached hydrogens (primary N) is 1. The Morgan fingerprint density at radius 2 is 2.12 bits per heavy atom. The molecular formula is C12H15NO3. The van der Waals surface area contributed by atoms with Crippen molar-refractivity contribution >= 4 is 5.97 Å². The molecule has 4 heteroatoms. The fraction of sp³-hybridized carbons (Fsp3) is 0.417. The third-order valence-corrected chi connectivity index (χ3v) is 2.54. The smallest absolute Gasteiger partial charge is 0.339 e. The van der Waals surface area contributed by atoms with Gasteiger partial charge in [0.1, 0.15) is 6.61 Å². The Kier molecular flexibility index (Phi) is 3.22. The molecule has 86 valence electrons. The summed E-state index contributed by atoms with van der Waals surface area (Å²) in [5.41, 5.74) is 5.47. The normalized spacial score (nSPS) is 25.1. The molecule has 1 aromatic rings. The highest BCUT2D eigenvalue weighted by molar-refractivity contribution is 5.89. The summed E-state index contributed by atoms with van der Waals surface area (Å²) in [6.45, 7) is 0.952. The number of carbonyl (C=O) groups is 1. The van der Waals surface area contributed by atoms with Crippen LogP contribution in [-0.2, 0) is 9.47 Å². The Bertz CT molecular complexity index is 358. The summed E-state index contributed by atoms with van der Waals surface area (Å²) in [7, 11) is 0. The minimum atomic E-state index is -0.967. The van der Waals surface area contributed by atoms with E-state index in [2.05, 4.69) is 0 Å². The molecule has 1 unspecified atom stereocenters. The average Bonchev–Trinajstić information content (AvgIpc) is 2.30. The van der Waals surface area contributed by atoms with Crippen LogP contribution in [0.25, 0.3) is 0 Å². The van der Waals surface area contributed by atoms with Crippen LogP contribution in [0.2, 0.25) is 0 Å². The average molecular weight is 221 g/mol. The Labute approximate surface area is 94.3 Å². The predicted octanol–water partition coefficient (Wildman–Crippen LogP) is 1.31. The lowest BCUT2D eigenvalue weighted by molar-refractivity contribution is -0.0941. The number of ether oxygens (including phenoxy) is 2. The van der Waals surface area contributed by atoms with Gasteiger partial charge in [-0.1, -0.05) is 18.2 Å². The van der Waals surface area contributed by atoms with Crippen LogP contribution in [0.3, 0.4) is 0 Å². The van der Waals surface area contributed by atoms with Gasteiger partial charge in [0.15, 0.2) is 5.72 Å². The molecule has 1 aliphatic rings. The third-order valence-electron chi connectivity index (χ3n) is 2.54. The summed E-state index contributed by atoms with van der Waals surface area (Å²) < 4.78 is 10.5. The van der Waals surface area contributed by atoms with Crippen LogP contribution in [0.15, 0.2) is 30.3 Å². The molecule has 1 atom stereocenters. The first-order chi connectivity index (χ1) is 7.70. The molecule has 0 aliphatic carbocycles. The summed E-state index contributed by atoms with van der Waals surface area (Å²) in [5, 5.41) is 0. The first kappa shape index (κ1) is 11.1. The number of rotatable bonds is 2. The van der Waals surface area contributed by atoms with E-state index in [4.69, 9.17) is 15.2 Å². The molecule has 16 heavy (non-hydrogen) atoms. The molecular weight excluding hydrogens is 206 g/mol. The first-order valence-corrected chi connectivity index (χ1v) is 5.35. The van der Waals surface area contributed by atoms with Gasteiger partial charge in [-0.25, -0.2) is 4.79 Å². The van der Waals surface area contributed by atoms with Crippen molar-refractivity contribution in [1.82, 2.24) is 0 Å². The fourth-order valence-corrected chi connectivity index (χ4v) is 1.69. The SMILES string of the molecule is NC1(OC(=O)c2ccccc2)CCCOC1. The van der Waals surface area contributed by atoms with Gasteiger partial charge in [-0.2, -0.15) is 0 Å². The molecule has 4 nitrogen and oxygen atoms in total. The van der Waals surface area contributed by atoms with Crippen molar-refractivity contribution in [2.24, 2.45) is 5.73 Å². The van der Waals surface area contributed by atoms with Crippen molar-refractivity contribution < 1.29 is 14.3 Å². The summed E-state index contributed by atoms with van der Waals surface area (Å²) in [4.78, 5) is 11.8. The van der Waals surface area contributed by atoms with Crippen molar-refractivity contribution in [3.05, 3.63) is 35.9 Å². The standard InChI is InChI=1S/C12H15NO3/c13-12(7-4-8-15-9-12)16-11(14)10-5-2-1-3-6-10/h1-3,5-6H,4,7-9,13H2. The van der Waals surface area contributed by atoms with Crippen LogP contribution in [-0.4, -0.2) is 24.9 Å². The van der Waals surface area contributed by atoms with E-state index in [0.717, 1.165) is 6.42 Å². The van der Waals surface area contributed by atoms with Gasteiger partial charge in [0.25, 0.3) is 0 Å². The number of hydrogen-bond donors (Lipinski definition) is 1. The van der Waals surface area contributed by atoms with Gasteiger partial charge in [-0.3, -0.25) is 5.73 Å². The van der Waals surface area contributed by atoms with Gasteiger partial charge in [0.05, 0.1) is 5.56 Å². The quantitative estimate of drug-likeness (QED) is 0.604. The minimum Gasteiger partial charge on any atom is -0.438 e. The Morgan fingerprint density at radius 3 is 2.75 bits per heavy atom. The van der Waals surface area contributed by atoms with E-state index < -0.39 is 11.7 Å². The van der Waals surface area contributed by atoms with Gasteiger partial charge >= 0.3 is 5.97 Å². The van der Waals surface area contributed by atoms with E-state index in [0.29, 0.717) is 18.6 Å². The Hall–Kier alpha value is -1.39.